The van der Waals surface area contributed by atoms with E-state index >= 15 is 0 Å². The van der Waals surface area contributed by atoms with E-state index in [-0.39, 0.29) is 10.6 Å². The number of thiazole rings is 1. The van der Waals surface area contributed by atoms with Gasteiger partial charge in [-0.3, -0.25) is 20.2 Å². The van der Waals surface area contributed by atoms with E-state index in [1.165, 1.54) is 5.32 Å². The quantitative estimate of drug-likeness (QED) is 0.641. The molecule has 0 atom stereocenters. The average molecular weight is 381 g/mol. The molecule has 0 aliphatic heterocycles. The van der Waals surface area contributed by atoms with Gasteiger partial charge in [-0.25, -0.2) is 13.4 Å². The summed E-state index contributed by atoms with van der Waals surface area (Å²) in [6, 6.07) is 3.92. The van der Waals surface area contributed by atoms with Crippen molar-refractivity contribution in [2.75, 3.05) is 5.32 Å². The second kappa shape index (κ2) is 6.16. The normalized spacial score (nSPS) is 12.0. The highest BCUT2D eigenvalue weighted by Gasteiger charge is 2.39. The number of amides is 1. The number of hydrogen-bond donors (Lipinski definition) is 1. The molecular formula is C11H6F3N3O5S2. The van der Waals surface area contributed by atoms with Crippen LogP contribution in [0, 0.1) is 10.1 Å². The lowest BCUT2D eigenvalue weighted by Gasteiger charge is -2.04. The zero-order valence-electron chi connectivity index (χ0n) is 11.3. The maximum atomic E-state index is 12.3. The molecule has 0 bridgehead atoms. The van der Waals surface area contributed by atoms with E-state index in [1.807, 2.05) is 0 Å². The van der Waals surface area contributed by atoms with Crippen molar-refractivity contribution in [3.8, 4) is 0 Å². The highest BCUT2D eigenvalue weighted by Crippen LogP contribution is 2.30. The molecule has 0 saturated carbocycles. The van der Waals surface area contributed by atoms with Gasteiger partial charge in [0.2, 0.25) is 9.84 Å². The number of nitro benzene ring substituents is 1. The van der Waals surface area contributed by atoms with Gasteiger partial charge in [0.25, 0.3) is 5.69 Å². The van der Waals surface area contributed by atoms with Crippen molar-refractivity contribution in [3.05, 3.63) is 40.6 Å². The molecule has 0 unspecified atom stereocenters. The van der Waals surface area contributed by atoms with Crippen LogP contribution in [0.25, 0.3) is 0 Å². The molecule has 13 heteroatoms. The highest BCUT2D eigenvalue weighted by molar-refractivity contribution is 7.93. The first-order valence-electron chi connectivity index (χ1n) is 5.85. The third-order valence-corrected chi connectivity index (χ3v) is 5.73. The molecule has 1 aromatic carbocycles. The minimum atomic E-state index is -5.14. The first-order chi connectivity index (χ1) is 11.0. The average Bonchev–Trinajstić information content (AvgIpc) is 2.95. The summed E-state index contributed by atoms with van der Waals surface area (Å²) < 4.78 is 60.5. The summed E-state index contributed by atoms with van der Waals surface area (Å²) in [6.07, 6.45) is -4.35. The smallest absolute Gasteiger partial charge is 0.294 e. The number of benzene rings is 1. The predicted molar refractivity (Wildman–Crippen MR) is 75.3 cm³/mol. The van der Waals surface area contributed by atoms with Gasteiger partial charge >= 0.3 is 12.1 Å². The SMILES string of the molecule is O=C(Nc1ncc(S(=O)(=O)c2ccc([N+](=O)[O-])cc2)s1)C(F)(F)F. The number of non-ortho nitro benzene ring substituents is 1. The Hall–Kier alpha value is -2.54. The van der Waals surface area contributed by atoms with E-state index in [2.05, 4.69) is 4.98 Å². The van der Waals surface area contributed by atoms with E-state index < -0.39 is 36.2 Å². The fourth-order valence-corrected chi connectivity index (χ4v) is 3.90. The minimum absolute atomic E-state index is 0.301. The van der Waals surface area contributed by atoms with E-state index in [4.69, 9.17) is 0 Å². The largest absolute Gasteiger partial charge is 0.471 e. The van der Waals surface area contributed by atoms with Crippen LogP contribution in [0.15, 0.2) is 39.6 Å². The number of aromatic nitrogens is 1. The Bertz CT molecular complexity index is 890. The Morgan fingerprint density at radius 2 is 1.83 bits per heavy atom. The van der Waals surface area contributed by atoms with Crippen molar-refractivity contribution in [1.82, 2.24) is 4.98 Å². The van der Waals surface area contributed by atoms with Crippen LogP contribution in [0.4, 0.5) is 24.0 Å². The molecule has 1 N–H and O–H groups in total. The van der Waals surface area contributed by atoms with Crippen LogP contribution < -0.4 is 5.32 Å². The van der Waals surface area contributed by atoms with Crippen molar-refractivity contribution in [1.29, 1.82) is 0 Å². The lowest BCUT2D eigenvalue weighted by Crippen LogP contribution is -2.29. The van der Waals surface area contributed by atoms with E-state index in [0.717, 1.165) is 30.5 Å². The van der Waals surface area contributed by atoms with Crippen LogP contribution >= 0.6 is 11.3 Å². The van der Waals surface area contributed by atoms with Gasteiger partial charge in [-0.1, -0.05) is 11.3 Å². The van der Waals surface area contributed by atoms with Crippen molar-refractivity contribution in [2.45, 2.75) is 15.3 Å². The van der Waals surface area contributed by atoms with Gasteiger partial charge in [-0.2, -0.15) is 13.2 Å². The number of alkyl halides is 3. The van der Waals surface area contributed by atoms with Crippen molar-refractivity contribution in [2.24, 2.45) is 0 Å². The number of nitrogens with zero attached hydrogens (tertiary/aromatic N) is 2. The number of halogens is 3. The molecule has 1 aromatic heterocycles. The molecule has 2 rings (SSSR count). The zero-order chi connectivity index (χ0) is 18.1. The summed E-state index contributed by atoms with van der Waals surface area (Å²) in [7, 11) is -4.13. The molecule has 1 heterocycles. The number of carbonyl (C=O) groups excluding carboxylic acids is 1. The number of rotatable bonds is 4. The van der Waals surface area contributed by atoms with Crippen molar-refractivity contribution < 1.29 is 31.3 Å². The summed E-state index contributed by atoms with van der Waals surface area (Å²) in [5, 5.41) is 11.4. The van der Waals surface area contributed by atoms with Crippen molar-refractivity contribution >= 4 is 37.9 Å². The Labute approximate surface area is 136 Å². The summed E-state index contributed by atoms with van der Waals surface area (Å²) in [5.74, 6) is -2.28. The molecule has 24 heavy (non-hydrogen) atoms. The van der Waals surface area contributed by atoms with Gasteiger partial charge in [-0.05, 0) is 12.1 Å². The number of nitro groups is 1. The Morgan fingerprint density at radius 3 is 2.33 bits per heavy atom. The van der Waals surface area contributed by atoms with Crippen LogP contribution in [0.5, 0.6) is 0 Å². The fraction of sp³-hybridized carbons (Fsp3) is 0.0909. The van der Waals surface area contributed by atoms with E-state index in [9.17, 15) is 36.5 Å². The predicted octanol–water partition coefficient (Wildman–Crippen LogP) is 2.38. The molecule has 0 fully saturated rings. The monoisotopic (exact) mass is 381 g/mol. The molecule has 0 aliphatic carbocycles. The second-order valence-corrected chi connectivity index (χ2v) is 7.40. The second-order valence-electron chi connectivity index (χ2n) is 4.19. The standard InChI is InChI=1S/C11H6F3N3O5S2/c12-11(13,14)9(18)16-10-15-5-8(23-10)24(21,22)7-3-1-6(2-4-7)17(19)20/h1-5H,(H,15,16,18). The maximum absolute atomic E-state index is 12.3. The minimum Gasteiger partial charge on any atom is -0.294 e. The van der Waals surface area contributed by atoms with Gasteiger partial charge < -0.3 is 0 Å². The van der Waals surface area contributed by atoms with Crippen LogP contribution in [-0.2, 0) is 14.6 Å². The summed E-state index contributed by atoms with van der Waals surface area (Å²) in [4.78, 5) is 23.7. The Balaban J connectivity index is 2.27. The molecule has 0 aliphatic rings. The molecule has 2 aromatic rings. The molecule has 0 saturated heterocycles. The summed E-state index contributed by atoms with van der Waals surface area (Å²) in [6.45, 7) is 0. The zero-order valence-corrected chi connectivity index (χ0v) is 12.9. The lowest BCUT2D eigenvalue weighted by atomic mass is 10.3. The first kappa shape index (κ1) is 17.8. The summed E-state index contributed by atoms with van der Waals surface area (Å²) >= 11 is 0.325. The van der Waals surface area contributed by atoms with Crippen LogP contribution in [0.2, 0.25) is 0 Å². The first-order valence-corrected chi connectivity index (χ1v) is 8.15. The molecule has 128 valence electrons. The summed E-state index contributed by atoms with van der Waals surface area (Å²) in [5.41, 5.74) is -0.323. The van der Waals surface area contributed by atoms with Crippen molar-refractivity contribution in [3.63, 3.8) is 0 Å². The molecule has 0 radical (unpaired) electrons. The van der Waals surface area contributed by atoms with Crippen LogP contribution in [0.3, 0.4) is 0 Å². The fourth-order valence-electron chi connectivity index (χ4n) is 1.47. The van der Waals surface area contributed by atoms with E-state index in [1.54, 1.807) is 0 Å². The Morgan fingerprint density at radius 1 is 1.25 bits per heavy atom. The number of anilines is 1. The third-order valence-electron chi connectivity index (χ3n) is 2.59. The molecule has 1 amide bonds. The van der Waals surface area contributed by atoms with Gasteiger partial charge in [0.05, 0.1) is 16.0 Å². The number of hydrogen-bond acceptors (Lipinski definition) is 7. The maximum Gasteiger partial charge on any atom is 0.471 e. The van der Waals surface area contributed by atoms with Gasteiger partial charge in [0.15, 0.2) is 5.13 Å². The van der Waals surface area contributed by atoms with Crippen LogP contribution in [-0.4, -0.2) is 30.4 Å². The molecular weight excluding hydrogens is 375 g/mol. The highest BCUT2D eigenvalue weighted by atomic mass is 32.2. The third kappa shape index (κ3) is 3.68. The topological polar surface area (TPSA) is 119 Å². The Kier molecular flexibility index (Phi) is 4.57. The van der Waals surface area contributed by atoms with Gasteiger partial charge in [-0.15, -0.1) is 0 Å². The van der Waals surface area contributed by atoms with E-state index in [0.29, 0.717) is 11.3 Å². The molecule has 8 nitrogen and oxygen atoms in total. The number of nitrogens with one attached hydrogen (secondary N) is 1. The molecule has 0 spiro atoms. The number of sulfone groups is 1. The number of carbonyl (C=O) groups is 1. The van der Waals surface area contributed by atoms with Gasteiger partial charge in [0.1, 0.15) is 4.21 Å². The van der Waals surface area contributed by atoms with Gasteiger partial charge in [0, 0.05) is 12.1 Å². The lowest BCUT2D eigenvalue weighted by molar-refractivity contribution is -0.384. The van der Waals surface area contributed by atoms with Crippen LogP contribution in [0.1, 0.15) is 0 Å².